The first kappa shape index (κ1) is 11.1. The predicted octanol–water partition coefficient (Wildman–Crippen LogP) is 2.14. The summed E-state index contributed by atoms with van der Waals surface area (Å²) < 4.78 is 0. The Morgan fingerprint density at radius 3 is 2.79 bits per heavy atom. The van der Waals surface area contributed by atoms with Gasteiger partial charge in [0.1, 0.15) is 0 Å². The maximum absolute atomic E-state index is 10.3. The molecule has 0 aromatic carbocycles. The van der Waals surface area contributed by atoms with Crippen molar-refractivity contribution in [1.29, 1.82) is 0 Å². The summed E-state index contributed by atoms with van der Waals surface area (Å²) in [4.78, 5) is 10.3. The Bertz CT molecular complexity index is 213. The quantitative estimate of drug-likeness (QED) is 0.538. The molecule has 1 aliphatic carbocycles. The van der Waals surface area contributed by atoms with E-state index < -0.39 is 5.97 Å². The smallest absolute Gasteiger partial charge is 0.329 e. The molecule has 0 spiro atoms. The SMILES string of the molecule is CC1CCCCCC1N/C=C/C(=O)O. The minimum Gasteiger partial charge on any atom is -0.478 e. The second-order valence-corrected chi connectivity index (χ2v) is 4.06. The third-order valence-corrected chi connectivity index (χ3v) is 2.90. The maximum Gasteiger partial charge on any atom is 0.329 e. The molecule has 1 saturated carbocycles. The van der Waals surface area contributed by atoms with Crippen molar-refractivity contribution in [3.63, 3.8) is 0 Å². The first-order valence-electron chi connectivity index (χ1n) is 5.35. The van der Waals surface area contributed by atoms with Crippen LogP contribution in [0.25, 0.3) is 0 Å². The molecule has 3 nitrogen and oxygen atoms in total. The normalized spacial score (nSPS) is 28.6. The number of hydrogen-bond acceptors (Lipinski definition) is 2. The van der Waals surface area contributed by atoms with Crippen molar-refractivity contribution in [1.82, 2.24) is 5.32 Å². The lowest BCUT2D eigenvalue weighted by Crippen LogP contribution is -2.30. The van der Waals surface area contributed by atoms with E-state index in [0.717, 1.165) is 12.5 Å². The number of carbonyl (C=O) groups is 1. The number of aliphatic carboxylic acids is 1. The number of rotatable bonds is 3. The summed E-state index contributed by atoms with van der Waals surface area (Å²) in [6, 6.07) is 0.452. The highest BCUT2D eigenvalue weighted by Crippen LogP contribution is 2.22. The maximum atomic E-state index is 10.3. The molecule has 0 aromatic heterocycles. The van der Waals surface area contributed by atoms with Gasteiger partial charge in [-0.05, 0) is 18.8 Å². The van der Waals surface area contributed by atoms with Gasteiger partial charge in [0.15, 0.2) is 0 Å². The summed E-state index contributed by atoms with van der Waals surface area (Å²) in [6.07, 6.45) is 9.01. The fourth-order valence-electron chi connectivity index (χ4n) is 1.98. The molecule has 2 atom stereocenters. The standard InChI is InChI=1S/C11H19NO2/c1-9-5-3-2-4-6-10(9)12-8-7-11(13)14/h7-10,12H,2-6H2,1H3,(H,13,14)/b8-7+. The minimum atomic E-state index is -0.890. The molecule has 2 unspecified atom stereocenters. The van der Waals surface area contributed by atoms with Crippen molar-refractivity contribution in [2.45, 2.75) is 45.1 Å². The van der Waals surface area contributed by atoms with Crippen LogP contribution in [0.3, 0.4) is 0 Å². The molecule has 14 heavy (non-hydrogen) atoms. The molecule has 80 valence electrons. The lowest BCUT2D eigenvalue weighted by atomic mass is 9.97. The van der Waals surface area contributed by atoms with Crippen LogP contribution < -0.4 is 5.32 Å². The molecule has 2 N–H and O–H groups in total. The minimum absolute atomic E-state index is 0.452. The van der Waals surface area contributed by atoms with Gasteiger partial charge in [-0.1, -0.05) is 26.2 Å². The van der Waals surface area contributed by atoms with Crippen molar-refractivity contribution in [2.24, 2.45) is 5.92 Å². The monoisotopic (exact) mass is 197 g/mol. The highest BCUT2D eigenvalue weighted by atomic mass is 16.4. The van der Waals surface area contributed by atoms with E-state index in [1.807, 2.05) is 0 Å². The largest absolute Gasteiger partial charge is 0.478 e. The first-order chi connectivity index (χ1) is 6.70. The molecule has 0 aliphatic heterocycles. The van der Waals surface area contributed by atoms with E-state index in [9.17, 15) is 4.79 Å². The van der Waals surface area contributed by atoms with Gasteiger partial charge in [0.05, 0.1) is 0 Å². The Labute approximate surface area is 85.2 Å². The Morgan fingerprint density at radius 2 is 2.07 bits per heavy atom. The van der Waals surface area contributed by atoms with Gasteiger partial charge in [0.25, 0.3) is 0 Å². The van der Waals surface area contributed by atoms with Gasteiger partial charge in [-0.25, -0.2) is 4.79 Å². The van der Waals surface area contributed by atoms with Crippen LogP contribution in [0.5, 0.6) is 0 Å². The molecule has 1 rings (SSSR count). The molecule has 3 heteroatoms. The molecular formula is C11H19NO2. The average molecular weight is 197 g/mol. The molecule has 0 bridgehead atoms. The Hall–Kier alpha value is -0.990. The van der Waals surface area contributed by atoms with Gasteiger partial charge >= 0.3 is 5.97 Å². The van der Waals surface area contributed by atoms with E-state index in [1.54, 1.807) is 6.20 Å². The third kappa shape index (κ3) is 3.81. The van der Waals surface area contributed by atoms with Crippen LogP contribution in [-0.2, 0) is 4.79 Å². The average Bonchev–Trinajstić information content (AvgIpc) is 2.31. The van der Waals surface area contributed by atoms with E-state index in [2.05, 4.69) is 12.2 Å². The number of carboxylic acid groups (broad SMARTS) is 1. The molecule has 0 radical (unpaired) electrons. The van der Waals surface area contributed by atoms with Crippen molar-refractivity contribution >= 4 is 5.97 Å². The molecule has 1 fully saturated rings. The molecule has 0 heterocycles. The van der Waals surface area contributed by atoms with Crippen LogP contribution in [0.15, 0.2) is 12.3 Å². The number of hydrogen-bond donors (Lipinski definition) is 2. The van der Waals surface area contributed by atoms with Crippen molar-refractivity contribution < 1.29 is 9.90 Å². The summed E-state index contributed by atoms with van der Waals surface area (Å²) >= 11 is 0. The van der Waals surface area contributed by atoms with Crippen molar-refractivity contribution in [2.75, 3.05) is 0 Å². The van der Waals surface area contributed by atoms with Crippen LogP contribution in [0.1, 0.15) is 39.0 Å². The van der Waals surface area contributed by atoms with E-state index in [0.29, 0.717) is 12.0 Å². The van der Waals surface area contributed by atoms with Crippen LogP contribution in [0.2, 0.25) is 0 Å². The molecule has 1 aliphatic rings. The van der Waals surface area contributed by atoms with Crippen LogP contribution in [-0.4, -0.2) is 17.1 Å². The Morgan fingerprint density at radius 1 is 1.36 bits per heavy atom. The summed E-state index contributed by atoms with van der Waals surface area (Å²) in [6.45, 7) is 2.23. The molecule has 0 amide bonds. The summed E-state index contributed by atoms with van der Waals surface area (Å²) in [7, 11) is 0. The van der Waals surface area contributed by atoms with Gasteiger partial charge in [-0.15, -0.1) is 0 Å². The van der Waals surface area contributed by atoms with Crippen LogP contribution in [0, 0.1) is 5.92 Å². The number of nitrogens with one attached hydrogen (secondary N) is 1. The zero-order valence-corrected chi connectivity index (χ0v) is 8.70. The fourth-order valence-corrected chi connectivity index (χ4v) is 1.98. The van der Waals surface area contributed by atoms with Gasteiger partial charge < -0.3 is 10.4 Å². The van der Waals surface area contributed by atoms with E-state index in [1.165, 1.54) is 25.7 Å². The number of carboxylic acids is 1. The fraction of sp³-hybridized carbons (Fsp3) is 0.727. The van der Waals surface area contributed by atoms with Crippen molar-refractivity contribution in [3.8, 4) is 0 Å². The Balaban J connectivity index is 2.36. The first-order valence-corrected chi connectivity index (χ1v) is 5.35. The second kappa shape index (κ2) is 5.68. The highest BCUT2D eigenvalue weighted by Gasteiger charge is 2.17. The lowest BCUT2D eigenvalue weighted by Gasteiger charge is -2.21. The summed E-state index contributed by atoms with van der Waals surface area (Å²) in [5, 5.41) is 11.6. The predicted molar refractivity (Wildman–Crippen MR) is 55.9 cm³/mol. The van der Waals surface area contributed by atoms with Gasteiger partial charge in [0.2, 0.25) is 0 Å². The lowest BCUT2D eigenvalue weighted by molar-refractivity contribution is -0.131. The highest BCUT2D eigenvalue weighted by molar-refractivity contribution is 5.79. The van der Waals surface area contributed by atoms with Crippen LogP contribution >= 0.6 is 0 Å². The molecular weight excluding hydrogens is 178 g/mol. The van der Waals surface area contributed by atoms with E-state index >= 15 is 0 Å². The van der Waals surface area contributed by atoms with Crippen molar-refractivity contribution in [3.05, 3.63) is 12.3 Å². The summed E-state index contributed by atoms with van der Waals surface area (Å²) in [5.74, 6) is -0.241. The third-order valence-electron chi connectivity index (χ3n) is 2.90. The van der Waals surface area contributed by atoms with Crippen LogP contribution in [0.4, 0.5) is 0 Å². The topological polar surface area (TPSA) is 49.3 Å². The zero-order chi connectivity index (χ0) is 10.4. The van der Waals surface area contributed by atoms with Gasteiger partial charge in [-0.2, -0.15) is 0 Å². The van der Waals surface area contributed by atoms with E-state index in [4.69, 9.17) is 5.11 Å². The molecule has 0 aromatic rings. The Kier molecular flexibility index (Phi) is 4.50. The van der Waals surface area contributed by atoms with Gasteiger partial charge in [0, 0.05) is 18.3 Å². The zero-order valence-electron chi connectivity index (χ0n) is 8.70. The summed E-state index contributed by atoms with van der Waals surface area (Å²) in [5.41, 5.74) is 0. The second-order valence-electron chi connectivity index (χ2n) is 4.06. The molecule has 0 saturated heterocycles. The van der Waals surface area contributed by atoms with E-state index in [-0.39, 0.29) is 0 Å². The van der Waals surface area contributed by atoms with Gasteiger partial charge in [-0.3, -0.25) is 0 Å².